The van der Waals surface area contributed by atoms with E-state index in [1.165, 1.54) is 47.9 Å². The molecular weight excluding hydrogens is 270 g/mol. The first kappa shape index (κ1) is 11.6. The summed E-state index contributed by atoms with van der Waals surface area (Å²) in [6.07, 6.45) is 7.91. The maximum atomic E-state index is 5.99. The van der Waals surface area contributed by atoms with Crippen LogP contribution in [0.25, 0.3) is 0 Å². The molecule has 1 aliphatic carbocycles. The molecule has 0 unspecified atom stereocenters. The lowest BCUT2D eigenvalue weighted by molar-refractivity contribution is 0.198. The molecule has 15 heavy (non-hydrogen) atoms. The van der Waals surface area contributed by atoms with Crippen LogP contribution >= 0.6 is 27.3 Å². The number of nitrogens with two attached hydrogens (primary N) is 1. The highest BCUT2D eigenvalue weighted by atomic mass is 79.9. The molecule has 2 N–H and O–H groups in total. The first-order valence-electron chi connectivity index (χ1n) is 5.68. The van der Waals surface area contributed by atoms with Gasteiger partial charge in [0.2, 0.25) is 0 Å². The van der Waals surface area contributed by atoms with Crippen molar-refractivity contribution in [3.05, 3.63) is 20.8 Å². The molecule has 2 rings (SSSR count). The van der Waals surface area contributed by atoms with Crippen LogP contribution < -0.4 is 5.73 Å². The van der Waals surface area contributed by atoms with Crippen molar-refractivity contribution in [2.75, 3.05) is 6.54 Å². The SMILES string of the molecule is NCC1(Cc2sccc2Br)CCCCC1. The van der Waals surface area contributed by atoms with E-state index >= 15 is 0 Å². The van der Waals surface area contributed by atoms with Crippen LogP contribution in [-0.4, -0.2) is 6.54 Å². The minimum atomic E-state index is 0.394. The van der Waals surface area contributed by atoms with Crippen molar-refractivity contribution >= 4 is 27.3 Å². The maximum Gasteiger partial charge on any atom is 0.0314 e. The van der Waals surface area contributed by atoms with Crippen molar-refractivity contribution in [1.82, 2.24) is 0 Å². The molecular formula is C12H18BrNS. The lowest BCUT2D eigenvalue weighted by Gasteiger charge is -2.36. The summed E-state index contributed by atoms with van der Waals surface area (Å²) in [5.74, 6) is 0. The summed E-state index contributed by atoms with van der Waals surface area (Å²) >= 11 is 5.47. The Morgan fingerprint density at radius 1 is 1.33 bits per heavy atom. The van der Waals surface area contributed by atoms with Crippen LogP contribution in [0.5, 0.6) is 0 Å². The van der Waals surface area contributed by atoms with Crippen LogP contribution in [0.3, 0.4) is 0 Å². The number of rotatable bonds is 3. The molecule has 0 aromatic carbocycles. The largest absolute Gasteiger partial charge is 0.330 e. The van der Waals surface area contributed by atoms with E-state index in [0.717, 1.165) is 6.54 Å². The minimum absolute atomic E-state index is 0.394. The van der Waals surface area contributed by atoms with Crippen LogP contribution in [0.15, 0.2) is 15.9 Å². The third kappa shape index (κ3) is 2.63. The van der Waals surface area contributed by atoms with Gasteiger partial charge in [-0.2, -0.15) is 0 Å². The summed E-state index contributed by atoms with van der Waals surface area (Å²) in [5.41, 5.74) is 6.39. The second-order valence-corrected chi connectivity index (χ2v) is 6.49. The molecule has 1 fully saturated rings. The molecule has 0 saturated heterocycles. The normalized spacial score (nSPS) is 20.4. The number of halogens is 1. The van der Waals surface area contributed by atoms with Gasteiger partial charge in [0.25, 0.3) is 0 Å². The molecule has 1 aromatic rings. The summed E-state index contributed by atoms with van der Waals surface area (Å²) in [6, 6.07) is 2.15. The lowest BCUT2D eigenvalue weighted by Crippen LogP contribution is -2.34. The van der Waals surface area contributed by atoms with Crippen LogP contribution in [0.4, 0.5) is 0 Å². The molecule has 0 spiro atoms. The molecule has 0 radical (unpaired) electrons. The first-order chi connectivity index (χ1) is 7.26. The Hall–Kier alpha value is 0.140. The van der Waals surface area contributed by atoms with Crippen molar-refractivity contribution in [3.63, 3.8) is 0 Å². The fourth-order valence-corrected chi connectivity index (χ4v) is 4.21. The highest BCUT2D eigenvalue weighted by Crippen LogP contribution is 2.40. The highest BCUT2D eigenvalue weighted by Gasteiger charge is 2.31. The standard InChI is InChI=1S/C12H18BrNS/c13-10-4-7-15-11(10)8-12(9-14)5-2-1-3-6-12/h4,7H,1-3,5-6,8-9,14H2. The average Bonchev–Trinajstić information content (AvgIpc) is 2.66. The fraction of sp³-hybridized carbons (Fsp3) is 0.667. The van der Waals surface area contributed by atoms with Gasteiger partial charge in [0.1, 0.15) is 0 Å². The average molecular weight is 288 g/mol. The zero-order valence-corrected chi connectivity index (χ0v) is 11.4. The van der Waals surface area contributed by atoms with E-state index < -0.39 is 0 Å². The summed E-state index contributed by atoms with van der Waals surface area (Å²) in [7, 11) is 0. The van der Waals surface area contributed by atoms with Gasteiger partial charge in [-0.3, -0.25) is 0 Å². The Balaban J connectivity index is 2.10. The molecule has 3 heteroatoms. The van der Waals surface area contributed by atoms with Crippen LogP contribution in [0.2, 0.25) is 0 Å². The van der Waals surface area contributed by atoms with Gasteiger partial charge in [-0.25, -0.2) is 0 Å². The predicted octanol–water partition coefficient (Wildman–Crippen LogP) is 3.96. The lowest BCUT2D eigenvalue weighted by atomic mass is 9.71. The number of hydrogen-bond donors (Lipinski definition) is 1. The van der Waals surface area contributed by atoms with Gasteiger partial charge in [0, 0.05) is 9.35 Å². The van der Waals surface area contributed by atoms with Crippen molar-refractivity contribution in [3.8, 4) is 0 Å². The van der Waals surface area contributed by atoms with E-state index in [4.69, 9.17) is 5.73 Å². The van der Waals surface area contributed by atoms with E-state index in [2.05, 4.69) is 27.4 Å². The molecule has 0 bridgehead atoms. The summed E-state index contributed by atoms with van der Waals surface area (Å²) in [5, 5.41) is 2.16. The van der Waals surface area contributed by atoms with Crippen molar-refractivity contribution in [2.24, 2.45) is 11.1 Å². The van der Waals surface area contributed by atoms with E-state index in [1.807, 2.05) is 11.3 Å². The Morgan fingerprint density at radius 2 is 2.07 bits per heavy atom. The second kappa shape index (κ2) is 4.98. The fourth-order valence-electron chi connectivity index (χ4n) is 2.55. The second-order valence-electron chi connectivity index (χ2n) is 4.63. The molecule has 0 atom stereocenters. The van der Waals surface area contributed by atoms with Gasteiger partial charge in [0.05, 0.1) is 0 Å². The van der Waals surface area contributed by atoms with Gasteiger partial charge in [0.15, 0.2) is 0 Å². The molecule has 1 aliphatic rings. The molecule has 1 nitrogen and oxygen atoms in total. The van der Waals surface area contributed by atoms with E-state index in [0.29, 0.717) is 5.41 Å². The van der Waals surface area contributed by atoms with Gasteiger partial charge in [-0.15, -0.1) is 11.3 Å². The molecule has 84 valence electrons. The molecule has 0 aliphatic heterocycles. The maximum absolute atomic E-state index is 5.99. The van der Waals surface area contributed by atoms with Gasteiger partial charge < -0.3 is 5.73 Å². The van der Waals surface area contributed by atoms with E-state index in [1.54, 1.807) is 0 Å². The Morgan fingerprint density at radius 3 is 2.60 bits per heavy atom. The number of thiophene rings is 1. The Bertz CT molecular complexity index is 315. The molecule has 1 saturated carbocycles. The predicted molar refractivity (Wildman–Crippen MR) is 70.3 cm³/mol. The zero-order chi connectivity index (χ0) is 10.7. The van der Waals surface area contributed by atoms with Gasteiger partial charge in [-0.1, -0.05) is 19.3 Å². The highest BCUT2D eigenvalue weighted by molar-refractivity contribution is 9.10. The van der Waals surface area contributed by atoms with Crippen LogP contribution in [0.1, 0.15) is 37.0 Å². The van der Waals surface area contributed by atoms with Crippen molar-refractivity contribution in [1.29, 1.82) is 0 Å². The quantitative estimate of drug-likeness (QED) is 0.895. The van der Waals surface area contributed by atoms with Gasteiger partial charge >= 0.3 is 0 Å². The third-order valence-corrected chi connectivity index (χ3v) is 5.50. The Kier molecular flexibility index (Phi) is 3.86. The smallest absolute Gasteiger partial charge is 0.0314 e. The van der Waals surface area contributed by atoms with Crippen LogP contribution in [-0.2, 0) is 6.42 Å². The topological polar surface area (TPSA) is 26.0 Å². The minimum Gasteiger partial charge on any atom is -0.330 e. The monoisotopic (exact) mass is 287 g/mol. The summed E-state index contributed by atoms with van der Waals surface area (Å²) in [4.78, 5) is 1.47. The molecule has 1 heterocycles. The van der Waals surface area contributed by atoms with Crippen LogP contribution in [0, 0.1) is 5.41 Å². The zero-order valence-electron chi connectivity index (χ0n) is 8.97. The summed E-state index contributed by atoms with van der Waals surface area (Å²) in [6.45, 7) is 0.845. The third-order valence-electron chi connectivity index (χ3n) is 3.57. The van der Waals surface area contributed by atoms with Crippen molar-refractivity contribution in [2.45, 2.75) is 38.5 Å². The van der Waals surface area contributed by atoms with E-state index in [-0.39, 0.29) is 0 Å². The van der Waals surface area contributed by atoms with E-state index in [9.17, 15) is 0 Å². The summed E-state index contributed by atoms with van der Waals surface area (Å²) < 4.78 is 1.27. The number of hydrogen-bond acceptors (Lipinski definition) is 2. The van der Waals surface area contributed by atoms with Crippen molar-refractivity contribution < 1.29 is 0 Å². The first-order valence-corrected chi connectivity index (χ1v) is 7.35. The molecule has 0 amide bonds. The molecule has 1 aromatic heterocycles. The van der Waals surface area contributed by atoms with Gasteiger partial charge in [-0.05, 0) is 58.6 Å². The Labute approximate surface area is 104 Å².